The lowest BCUT2D eigenvalue weighted by molar-refractivity contribution is -0.383. The van der Waals surface area contributed by atoms with E-state index in [1.54, 1.807) is 18.2 Å². The summed E-state index contributed by atoms with van der Waals surface area (Å²) >= 11 is 3.38. The summed E-state index contributed by atoms with van der Waals surface area (Å²) in [5.74, 6) is -0.342. The smallest absolute Gasteiger partial charge is 0.293 e. The molecule has 2 rings (SSSR count). The fraction of sp³-hybridized carbons (Fsp3) is 0.0833. The number of hydrogen-bond acceptors (Lipinski definition) is 3. The predicted molar refractivity (Wildman–Crippen MR) is 72.6 cm³/mol. The molecular weight excluding hydrogens is 300 g/mol. The van der Waals surface area contributed by atoms with Gasteiger partial charge >= 0.3 is 0 Å². The van der Waals surface area contributed by atoms with E-state index in [9.17, 15) is 14.9 Å². The van der Waals surface area contributed by atoms with Gasteiger partial charge < -0.3 is 5.32 Å². The minimum absolute atomic E-state index is 0.115. The largest absolute Gasteiger partial charge is 0.320 e. The van der Waals surface area contributed by atoms with Crippen molar-refractivity contribution in [2.75, 3.05) is 5.32 Å². The standard InChI is InChI=1S/C12H9BrN2O3/c1-7(16)14-12-9-3-2-4-10(13)8(9)5-6-11(12)15(17)18/h2-6H,1H3,(H,14,16). The highest BCUT2D eigenvalue weighted by Gasteiger charge is 2.18. The molecule has 0 bridgehead atoms. The summed E-state index contributed by atoms with van der Waals surface area (Å²) in [7, 11) is 0. The topological polar surface area (TPSA) is 72.2 Å². The van der Waals surface area contributed by atoms with E-state index in [1.807, 2.05) is 6.07 Å². The number of fused-ring (bicyclic) bond motifs is 1. The third-order valence-electron chi connectivity index (χ3n) is 2.48. The van der Waals surface area contributed by atoms with E-state index in [0.717, 1.165) is 9.86 Å². The second kappa shape index (κ2) is 4.73. The Morgan fingerprint density at radius 1 is 1.28 bits per heavy atom. The number of anilines is 1. The number of carbonyl (C=O) groups is 1. The van der Waals surface area contributed by atoms with Crippen LogP contribution in [0.3, 0.4) is 0 Å². The van der Waals surface area contributed by atoms with Crippen LogP contribution in [0.15, 0.2) is 34.8 Å². The second-order valence-corrected chi connectivity index (χ2v) is 4.59. The van der Waals surface area contributed by atoms with E-state index >= 15 is 0 Å². The Morgan fingerprint density at radius 3 is 2.61 bits per heavy atom. The molecule has 0 unspecified atom stereocenters. The first-order valence-electron chi connectivity index (χ1n) is 5.14. The summed E-state index contributed by atoms with van der Waals surface area (Å²) in [6.45, 7) is 1.32. The lowest BCUT2D eigenvalue weighted by atomic mass is 10.1. The summed E-state index contributed by atoms with van der Waals surface area (Å²) in [5.41, 5.74) is 0.113. The van der Waals surface area contributed by atoms with Gasteiger partial charge in [0.15, 0.2) is 0 Å². The number of nitro benzene ring substituents is 1. The Hall–Kier alpha value is -1.95. The van der Waals surface area contributed by atoms with Gasteiger partial charge in [-0.3, -0.25) is 14.9 Å². The van der Waals surface area contributed by atoms with Crippen molar-refractivity contribution >= 4 is 44.0 Å². The van der Waals surface area contributed by atoms with Crippen LogP contribution in [0.25, 0.3) is 10.8 Å². The van der Waals surface area contributed by atoms with Crippen molar-refractivity contribution < 1.29 is 9.72 Å². The number of rotatable bonds is 2. The SMILES string of the molecule is CC(=O)Nc1c([N+](=O)[O-])ccc2c(Br)cccc12. The molecule has 0 fully saturated rings. The van der Waals surface area contributed by atoms with Crippen molar-refractivity contribution in [3.8, 4) is 0 Å². The van der Waals surface area contributed by atoms with Gasteiger partial charge in [0.25, 0.3) is 5.69 Å². The first-order valence-corrected chi connectivity index (χ1v) is 5.93. The normalized spacial score (nSPS) is 10.3. The predicted octanol–water partition coefficient (Wildman–Crippen LogP) is 3.47. The summed E-state index contributed by atoms with van der Waals surface area (Å²) in [6, 6.07) is 8.38. The molecule has 1 N–H and O–H groups in total. The van der Waals surface area contributed by atoms with Gasteiger partial charge in [-0.05, 0) is 17.5 Å². The monoisotopic (exact) mass is 308 g/mol. The maximum Gasteiger partial charge on any atom is 0.293 e. The van der Waals surface area contributed by atoms with Gasteiger partial charge in [-0.15, -0.1) is 0 Å². The van der Waals surface area contributed by atoms with Gasteiger partial charge in [-0.25, -0.2) is 0 Å². The van der Waals surface area contributed by atoms with Crippen LogP contribution < -0.4 is 5.32 Å². The molecule has 6 heteroatoms. The van der Waals surface area contributed by atoms with Crippen LogP contribution in [0.1, 0.15) is 6.92 Å². The molecule has 0 aliphatic rings. The van der Waals surface area contributed by atoms with Gasteiger partial charge in [0.1, 0.15) is 5.69 Å². The Kier molecular flexibility index (Phi) is 3.29. The minimum Gasteiger partial charge on any atom is -0.320 e. The van der Waals surface area contributed by atoms with E-state index in [4.69, 9.17) is 0 Å². The lowest BCUT2D eigenvalue weighted by Crippen LogP contribution is -2.08. The van der Waals surface area contributed by atoms with E-state index in [-0.39, 0.29) is 17.3 Å². The molecule has 0 heterocycles. The van der Waals surface area contributed by atoms with Crippen LogP contribution in [0, 0.1) is 10.1 Å². The van der Waals surface area contributed by atoms with Crippen LogP contribution in [-0.4, -0.2) is 10.8 Å². The van der Waals surface area contributed by atoms with Crippen LogP contribution in [-0.2, 0) is 4.79 Å². The Morgan fingerprint density at radius 2 is 2.00 bits per heavy atom. The molecule has 2 aromatic rings. The Labute approximate surface area is 111 Å². The fourth-order valence-corrected chi connectivity index (χ4v) is 2.27. The summed E-state index contributed by atoms with van der Waals surface area (Å²) in [4.78, 5) is 21.6. The van der Waals surface area contributed by atoms with Crippen molar-refractivity contribution in [1.82, 2.24) is 0 Å². The number of carbonyl (C=O) groups excluding carboxylic acids is 1. The van der Waals surface area contributed by atoms with Gasteiger partial charge in [0.05, 0.1) is 4.92 Å². The van der Waals surface area contributed by atoms with E-state index in [0.29, 0.717) is 5.39 Å². The van der Waals surface area contributed by atoms with Crippen molar-refractivity contribution in [3.63, 3.8) is 0 Å². The zero-order valence-corrected chi connectivity index (χ0v) is 11.0. The number of benzene rings is 2. The van der Waals surface area contributed by atoms with Crippen molar-refractivity contribution in [2.24, 2.45) is 0 Å². The quantitative estimate of drug-likeness (QED) is 0.682. The molecule has 0 saturated carbocycles. The highest BCUT2D eigenvalue weighted by atomic mass is 79.9. The average molecular weight is 309 g/mol. The molecule has 2 aromatic carbocycles. The molecule has 5 nitrogen and oxygen atoms in total. The summed E-state index contributed by atoms with van der Waals surface area (Å²) < 4.78 is 0.821. The maximum atomic E-state index is 11.2. The molecule has 0 aromatic heterocycles. The second-order valence-electron chi connectivity index (χ2n) is 3.73. The number of hydrogen-bond donors (Lipinski definition) is 1. The number of amides is 1. The number of nitrogens with zero attached hydrogens (tertiary/aromatic N) is 1. The van der Waals surface area contributed by atoms with Gasteiger partial charge in [0, 0.05) is 22.8 Å². The van der Waals surface area contributed by atoms with Crippen molar-refractivity contribution in [1.29, 1.82) is 0 Å². The molecule has 92 valence electrons. The maximum absolute atomic E-state index is 11.2. The molecule has 0 spiro atoms. The van der Waals surface area contributed by atoms with Crippen molar-refractivity contribution in [3.05, 3.63) is 44.9 Å². The van der Waals surface area contributed by atoms with Crippen LogP contribution in [0.5, 0.6) is 0 Å². The molecule has 0 aliphatic carbocycles. The Bertz CT molecular complexity index is 655. The zero-order chi connectivity index (χ0) is 13.3. The summed E-state index contributed by atoms with van der Waals surface area (Å²) in [5, 5.41) is 14.9. The summed E-state index contributed by atoms with van der Waals surface area (Å²) in [6.07, 6.45) is 0. The van der Waals surface area contributed by atoms with Crippen LogP contribution in [0.4, 0.5) is 11.4 Å². The molecule has 1 amide bonds. The zero-order valence-electron chi connectivity index (χ0n) is 9.44. The molecule has 0 aliphatic heterocycles. The van der Waals surface area contributed by atoms with Crippen molar-refractivity contribution in [2.45, 2.75) is 6.92 Å². The van der Waals surface area contributed by atoms with E-state index < -0.39 is 4.92 Å². The van der Waals surface area contributed by atoms with Crippen LogP contribution >= 0.6 is 15.9 Å². The van der Waals surface area contributed by atoms with E-state index in [2.05, 4.69) is 21.2 Å². The molecular formula is C12H9BrN2O3. The van der Waals surface area contributed by atoms with Crippen LogP contribution in [0.2, 0.25) is 0 Å². The molecule has 0 saturated heterocycles. The first-order chi connectivity index (χ1) is 8.50. The van der Waals surface area contributed by atoms with Gasteiger partial charge in [0.2, 0.25) is 5.91 Å². The minimum atomic E-state index is -0.508. The van der Waals surface area contributed by atoms with Gasteiger partial charge in [-0.2, -0.15) is 0 Å². The number of nitrogens with one attached hydrogen (secondary N) is 1. The fourth-order valence-electron chi connectivity index (χ4n) is 1.77. The first kappa shape index (κ1) is 12.5. The van der Waals surface area contributed by atoms with Gasteiger partial charge in [-0.1, -0.05) is 28.1 Å². The highest BCUT2D eigenvalue weighted by molar-refractivity contribution is 9.10. The molecule has 0 radical (unpaired) electrons. The molecule has 18 heavy (non-hydrogen) atoms. The number of nitro groups is 1. The third-order valence-corrected chi connectivity index (χ3v) is 3.18. The third kappa shape index (κ3) is 2.19. The highest BCUT2D eigenvalue weighted by Crippen LogP contribution is 2.36. The van der Waals surface area contributed by atoms with E-state index in [1.165, 1.54) is 13.0 Å². The number of halogens is 1. The molecule has 0 atom stereocenters. The lowest BCUT2D eigenvalue weighted by Gasteiger charge is -2.08. The Balaban J connectivity index is 2.80. The average Bonchev–Trinajstić information content (AvgIpc) is 2.29.